The molecule has 3 nitrogen and oxygen atoms in total. The molecule has 0 saturated heterocycles. The quantitative estimate of drug-likeness (QED) is 0.450. The summed E-state index contributed by atoms with van der Waals surface area (Å²) >= 11 is 0. The third-order valence-corrected chi connectivity index (χ3v) is 5.28. The van der Waals surface area contributed by atoms with Crippen molar-refractivity contribution in [3.05, 3.63) is 72.1 Å². The molecule has 0 aliphatic heterocycles. The van der Waals surface area contributed by atoms with Gasteiger partial charge in [-0.2, -0.15) is 0 Å². The van der Waals surface area contributed by atoms with E-state index in [1.165, 1.54) is 40.8 Å². The number of benzene rings is 2. The molecule has 0 aliphatic carbocycles. The zero-order chi connectivity index (χ0) is 19.9. The monoisotopic (exact) mass is 375 g/mol. The van der Waals surface area contributed by atoms with Crippen molar-refractivity contribution < 1.29 is 9.53 Å². The number of unbranched alkanes of at least 4 members (excludes halogenated alkanes) is 1. The van der Waals surface area contributed by atoms with Gasteiger partial charge in [-0.25, -0.2) is 0 Å². The highest BCUT2D eigenvalue weighted by atomic mass is 16.5. The van der Waals surface area contributed by atoms with E-state index in [4.69, 9.17) is 4.74 Å². The zero-order valence-corrected chi connectivity index (χ0v) is 17.1. The average Bonchev–Trinajstić information content (AvgIpc) is 3.03. The van der Waals surface area contributed by atoms with E-state index < -0.39 is 0 Å². The number of esters is 1. The first kappa shape index (κ1) is 19.9. The first-order chi connectivity index (χ1) is 13.7. The Morgan fingerprint density at radius 2 is 1.50 bits per heavy atom. The molecule has 0 saturated carbocycles. The molecule has 2 aromatic carbocycles. The first-order valence-electron chi connectivity index (χ1n) is 10.1. The molecule has 1 aromatic heterocycles. The Bertz CT molecular complexity index is 911. The van der Waals surface area contributed by atoms with Gasteiger partial charge in [0.05, 0.1) is 13.5 Å². The van der Waals surface area contributed by atoms with Crippen LogP contribution in [-0.2, 0) is 22.5 Å². The lowest BCUT2D eigenvalue weighted by atomic mass is 9.94. The second-order valence-electron chi connectivity index (χ2n) is 7.10. The molecule has 0 unspecified atom stereocenters. The maximum absolute atomic E-state index is 11.9. The Morgan fingerprint density at radius 1 is 0.929 bits per heavy atom. The smallest absolute Gasteiger partial charge is 0.305 e. The number of carbonyl (C=O) groups excluding carboxylic acids is 1. The lowest BCUT2D eigenvalue weighted by Gasteiger charge is -2.12. The van der Waals surface area contributed by atoms with Gasteiger partial charge in [0.1, 0.15) is 0 Å². The zero-order valence-electron chi connectivity index (χ0n) is 17.1. The van der Waals surface area contributed by atoms with Crippen LogP contribution in [0.4, 0.5) is 0 Å². The van der Waals surface area contributed by atoms with Crippen LogP contribution < -0.4 is 0 Å². The number of rotatable bonds is 8. The maximum atomic E-state index is 11.9. The summed E-state index contributed by atoms with van der Waals surface area (Å²) in [5, 5.41) is 0. The summed E-state index contributed by atoms with van der Waals surface area (Å²) in [6.07, 6.45) is 3.31. The highest BCUT2D eigenvalue weighted by Crippen LogP contribution is 2.40. The van der Waals surface area contributed by atoms with Gasteiger partial charge in [-0.05, 0) is 30.9 Å². The number of hydrogen-bond acceptors (Lipinski definition) is 2. The van der Waals surface area contributed by atoms with E-state index in [9.17, 15) is 4.79 Å². The van der Waals surface area contributed by atoms with Gasteiger partial charge in [0, 0.05) is 29.1 Å². The van der Waals surface area contributed by atoms with Gasteiger partial charge >= 0.3 is 5.97 Å². The fraction of sp³-hybridized carbons (Fsp3) is 0.320. The third-order valence-electron chi connectivity index (χ3n) is 5.28. The predicted molar refractivity (Wildman–Crippen MR) is 115 cm³/mol. The summed E-state index contributed by atoms with van der Waals surface area (Å²) in [5.74, 6) is -0.166. The summed E-state index contributed by atoms with van der Waals surface area (Å²) in [6, 6.07) is 21.1. The standard InChI is InChI=1S/C25H29NO2/c1-4-5-18-26-19(2)24(20-12-8-6-9-13-20)25(21-14-10-7-11-15-21)22(26)16-17-23(27)28-3/h6-15H,4-5,16-18H2,1-3H3. The van der Waals surface area contributed by atoms with Crippen LogP contribution in [-0.4, -0.2) is 17.6 Å². The number of nitrogens with zero attached hydrogens (tertiary/aromatic N) is 1. The molecule has 3 rings (SSSR count). The van der Waals surface area contributed by atoms with Gasteiger partial charge < -0.3 is 9.30 Å². The molecule has 0 radical (unpaired) electrons. The summed E-state index contributed by atoms with van der Waals surface area (Å²) < 4.78 is 7.33. The van der Waals surface area contributed by atoms with Gasteiger partial charge in [0.25, 0.3) is 0 Å². The summed E-state index contributed by atoms with van der Waals surface area (Å²) in [4.78, 5) is 11.9. The molecule has 0 aliphatic rings. The number of aromatic nitrogens is 1. The van der Waals surface area contributed by atoms with Crippen LogP contribution in [0.25, 0.3) is 22.3 Å². The van der Waals surface area contributed by atoms with Crippen molar-refractivity contribution in [2.75, 3.05) is 7.11 Å². The van der Waals surface area contributed by atoms with Crippen LogP contribution in [0.15, 0.2) is 60.7 Å². The van der Waals surface area contributed by atoms with Crippen molar-refractivity contribution in [3.8, 4) is 22.3 Å². The van der Waals surface area contributed by atoms with Gasteiger partial charge in [-0.3, -0.25) is 4.79 Å². The molecule has 0 fully saturated rings. The number of hydrogen-bond donors (Lipinski definition) is 0. The van der Waals surface area contributed by atoms with Crippen molar-refractivity contribution in [2.45, 2.75) is 46.1 Å². The molecule has 3 aromatic rings. The number of ether oxygens (including phenoxy) is 1. The topological polar surface area (TPSA) is 31.2 Å². The minimum absolute atomic E-state index is 0.166. The molecule has 0 amide bonds. The van der Waals surface area contributed by atoms with E-state index in [1.54, 1.807) is 0 Å². The maximum Gasteiger partial charge on any atom is 0.305 e. The fourth-order valence-electron chi connectivity index (χ4n) is 3.87. The van der Waals surface area contributed by atoms with Crippen LogP contribution in [0.1, 0.15) is 37.6 Å². The van der Waals surface area contributed by atoms with Crippen LogP contribution in [0.3, 0.4) is 0 Å². The molecule has 0 spiro atoms. The minimum Gasteiger partial charge on any atom is -0.469 e. The second-order valence-corrected chi connectivity index (χ2v) is 7.10. The van der Waals surface area contributed by atoms with Crippen LogP contribution in [0.2, 0.25) is 0 Å². The Balaban J connectivity index is 2.22. The molecule has 0 bridgehead atoms. The van der Waals surface area contributed by atoms with E-state index in [0.29, 0.717) is 12.8 Å². The van der Waals surface area contributed by atoms with E-state index >= 15 is 0 Å². The normalized spacial score (nSPS) is 10.8. The van der Waals surface area contributed by atoms with Gasteiger partial charge in [0.15, 0.2) is 0 Å². The minimum atomic E-state index is -0.166. The summed E-state index contributed by atoms with van der Waals surface area (Å²) in [5.41, 5.74) is 7.40. The van der Waals surface area contributed by atoms with Gasteiger partial charge in [0.2, 0.25) is 0 Å². The van der Waals surface area contributed by atoms with Crippen molar-refractivity contribution in [1.82, 2.24) is 4.57 Å². The second kappa shape index (κ2) is 9.41. The fourth-order valence-corrected chi connectivity index (χ4v) is 3.87. The highest BCUT2D eigenvalue weighted by molar-refractivity contribution is 5.88. The first-order valence-corrected chi connectivity index (χ1v) is 10.1. The van der Waals surface area contributed by atoms with E-state index in [-0.39, 0.29) is 5.97 Å². The summed E-state index contributed by atoms with van der Waals surface area (Å²) in [6.45, 7) is 5.38. The van der Waals surface area contributed by atoms with Crippen LogP contribution >= 0.6 is 0 Å². The average molecular weight is 376 g/mol. The SMILES string of the molecule is CCCCn1c(C)c(-c2ccccc2)c(-c2ccccc2)c1CCC(=O)OC. The van der Waals surface area contributed by atoms with E-state index in [1.807, 2.05) is 12.1 Å². The molecular weight excluding hydrogens is 346 g/mol. The van der Waals surface area contributed by atoms with Crippen molar-refractivity contribution in [3.63, 3.8) is 0 Å². The largest absolute Gasteiger partial charge is 0.469 e. The Kier molecular flexibility index (Phi) is 6.70. The van der Waals surface area contributed by atoms with Crippen LogP contribution in [0, 0.1) is 6.92 Å². The molecule has 146 valence electrons. The van der Waals surface area contributed by atoms with E-state index in [2.05, 4.69) is 66.9 Å². The van der Waals surface area contributed by atoms with Gasteiger partial charge in [-0.1, -0.05) is 74.0 Å². The predicted octanol–water partition coefficient (Wildman–Crippen LogP) is 6.04. The third kappa shape index (κ3) is 4.19. The number of methoxy groups -OCH3 is 1. The van der Waals surface area contributed by atoms with Crippen molar-refractivity contribution >= 4 is 5.97 Å². The molecule has 0 atom stereocenters. The molecule has 0 N–H and O–H groups in total. The Morgan fingerprint density at radius 3 is 2.04 bits per heavy atom. The van der Waals surface area contributed by atoms with Crippen molar-refractivity contribution in [1.29, 1.82) is 0 Å². The molecule has 3 heteroatoms. The van der Waals surface area contributed by atoms with Crippen molar-refractivity contribution in [2.24, 2.45) is 0 Å². The van der Waals surface area contributed by atoms with Gasteiger partial charge in [-0.15, -0.1) is 0 Å². The lowest BCUT2D eigenvalue weighted by Crippen LogP contribution is -2.09. The highest BCUT2D eigenvalue weighted by Gasteiger charge is 2.22. The molecular formula is C25H29NO2. The Labute approximate surface area is 168 Å². The van der Waals surface area contributed by atoms with E-state index in [0.717, 1.165) is 19.4 Å². The molecule has 28 heavy (non-hydrogen) atoms. The van der Waals surface area contributed by atoms with Crippen LogP contribution in [0.5, 0.6) is 0 Å². The number of carbonyl (C=O) groups is 1. The summed E-state index contributed by atoms with van der Waals surface area (Å²) in [7, 11) is 1.46. The molecule has 1 heterocycles. The lowest BCUT2D eigenvalue weighted by molar-refractivity contribution is -0.140. The Hall–Kier alpha value is -2.81.